The molecule has 0 saturated heterocycles. The van der Waals surface area contributed by atoms with Gasteiger partial charge >= 0.3 is 6.09 Å². The Balaban J connectivity index is 1.77. The molecule has 20 heavy (non-hydrogen) atoms. The van der Waals surface area contributed by atoms with E-state index in [0.717, 1.165) is 12.0 Å². The van der Waals surface area contributed by atoms with Crippen molar-refractivity contribution in [2.24, 2.45) is 5.92 Å². The lowest BCUT2D eigenvalue weighted by Crippen LogP contribution is -2.44. The van der Waals surface area contributed by atoms with Crippen LogP contribution in [0.1, 0.15) is 24.8 Å². The number of allylic oxidation sites excluding steroid dienone is 1. The number of benzene rings is 1. The van der Waals surface area contributed by atoms with Gasteiger partial charge in [-0.25, -0.2) is 4.79 Å². The Kier molecular flexibility index (Phi) is 4.93. The summed E-state index contributed by atoms with van der Waals surface area (Å²) in [5.41, 5.74) is 0.921. The van der Waals surface area contributed by atoms with E-state index in [4.69, 9.17) is 4.74 Å². The summed E-state index contributed by atoms with van der Waals surface area (Å²) >= 11 is 0. The Morgan fingerprint density at radius 1 is 1.35 bits per heavy atom. The molecule has 0 radical (unpaired) electrons. The van der Waals surface area contributed by atoms with Crippen molar-refractivity contribution in [1.29, 1.82) is 0 Å². The third-order valence-electron chi connectivity index (χ3n) is 3.52. The summed E-state index contributed by atoms with van der Waals surface area (Å²) in [7, 11) is 0. The topological polar surface area (TPSA) is 55.4 Å². The minimum absolute atomic E-state index is 0.0535. The van der Waals surface area contributed by atoms with E-state index in [-0.39, 0.29) is 18.3 Å². The van der Waals surface area contributed by atoms with Gasteiger partial charge in [-0.2, -0.15) is 0 Å². The Labute approximate surface area is 118 Å². The molecule has 4 nitrogen and oxygen atoms in total. The van der Waals surface area contributed by atoms with Crippen LogP contribution >= 0.6 is 0 Å². The first kappa shape index (κ1) is 14.3. The molecular weight excluding hydrogens is 254 g/mol. The van der Waals surface area contributed by atoms with Crippen LogP contribution in [-0.2, 0) is 16.1 Å². The number of Topliss-reactive ketones (excluding diaryl/α,β-unsaturated/α-hetero) is 1. The highest BCUT2D eigenvalue weighted by Gasteiger charge is 2.28. The third-order valence-corrected chi connectivity index (χ3v) is 3.52. The number of ketones is 1. The zero-order valence-electron chi connectivity index (χ0n) is 11.4. The predicted octanol–water partition coefficient (Wildman–Crippen LogP) is 2.84. The standard InChI is InChI=1S/C16H19NO3/c1-2-12-8-9-14(15(18)10-12)17-16(19)20-11-13-6-4-3-5-7-13/h2-7,12,14H,1,8-11H2,(H,17,19). The molecule has 1 aliphatic rings. The second-order valence-electron chi connectivity index (χ2n) is 5.00. The second kappa shape index (κ2) is 6.89. The van der Waals surface area contributed by atoms with Gasteiger partial charge in [-0.1, -0.05) is 36.4 Å². The lowest BCUT2D eigenvalue weighted by Gasteiger charge is -2.25. The quantitative estimate of drug-likeness (QED) is 0.858. The Morgan fingerprint density at radius 3 is 2.75 bits per heavy atom. The number of alkyl carbamates (subject to hydrolysis) is 1. The summed E-state index contributed by atoms with van der Waals surface area (Å²) in [5, 5.41) is 2.64. The fourth-order valence-corrected chi connectivity index (χ4v) is 2.31. The van der Waals surface area contributed by atoms with Crippen LogP contribution < -0.4 is 5.32 Å². The van der Waals surface area contributed by atoms with Crippen LogP contribution in [0.4, 0.5) is 4.79 Å². The van der Waals surface area contributed by atoms with Gasteiger partial charge in [-0.3, -0.25) is 4.79 Å². The van der Waals surface area contributed by atoms with E-state index in [1.54, 1.807) is 0 Å². The number of nitrogens with one attached hydrogen (secondary N) is 1. The molecule has 0 bridgehead atoms. The van der Waals surface area contributed by atoms with Crippen molar-refractivity contribution < 1.29 is 14.3 Å². The highest BCUT2D eigenvalue weighted by Crippen LogP contribution is 2.22. The fraction of sp³-hybridized carbons (Fsp3) is 0.375. The van der Waals surface area contributed by atoms with Gasteiger partial charge in [0.15, 0.2) is 5.78 Å². The average molecular weight is 273 g/mol. The van der Waals surface area contributed by atoms with Gasteiger partial charge in [0.1, 0.15) is 6.61 Å². The summed E-state index contributed by atoms with van der Waals surface area (Å²) in [6, 6.07) is 9.02. The number of carbonyl (C=O) groups excluding carboxylic acids is 2. The highest BCUT2D eigenvalue weighted by molar-refractivity contribution is 5.88. The van der Waals surface area contributed by atoms with Crippen LogP contribution in [0.25, 0.3) is 0 Å². The van der Waals surface area contributed by atoms with E-state index in [2.05, 4.69) is 11.9 Å². The number of ether oxygens (including phenoxy) is 1. The Hall–Kier alpha value is -2.10. The lowest BCUT2D eigenvalue weighted by molar-refractivity contribution is -0.123. The van der Waals surface area contributed by atoms with Crippen LogP contribution in [0, 0.1) is 5.92 Å². The third kappa shape index (κ3) is 3.95. The van der Waals surface area contributed by atoms with Gasteiger partial charge in [-0.05, 0) is 24.3 Å². The molecule has 4 heteroatoms. The summed E-state index contributed by atoms with van der Waals surface area (Å²) in [5.74, 6) is 0.290. The molecule has 0 heterocycles. The molecule has 1 amide bonds. The molecule has 1 N–H and O–H groups in total. The van der Waals surface area contributed by atoms with Gasteiger partial charge < -0.3 is 10.1 Å². The van der Waals surface area contributed by atoms with Crippen LogP contribution in [0.15, 0.2) is 43.0 Å². The van der Waals surface area contributed by atoms with E-state index < -0.39 is 12.1 Å². The molecule has 0 spiro atoms. The van der Waals surface area contributed by atoms with Crippen molar-refractivity contribution >= 4 is 11.9 Å². The summed E-state index contributed by atoms with van der Waals surface area (Å²) < 4.78 is 5.11. The van der Waals surface area contributed by atoms with E-state index in [9.17, 15) is 9.59 Å². The predicted molar refractivity (Wildman–Crippen MR) is 76.1 cm³/mol. The van der Waals surface area contributed by atoms with Gasteiger partial charge in [0.25, 0.3) is 0 Å². The number of hydrogen-bond acceptors (Lipinski definition) is 3. The molecule has 2 unspecified atom stereocenters. The second-order valence-corrected chi connectivity index (χ2v) is 5.00. The molecule has 1 aliphatic carbocycles. The molecule has 2 rings (SSSR count). The number of rotatable bonds is 4. The van der Waals surface area contributed by atoms with Crippen molar-refractivity contribution in [3.63, 3.8) is 0 Å². The van der Waals surface area contributed by atoms with Crippen LogP contribution in [0.3, 0.4) is 0 Å². The number of carbonyl (C=O) groups is 2. The van der Waals surface area contributed by atoms with E-state index >= 15 is 0 Å². The molecule has 1 fully saturated rings. The fourth-order valence-electron chi connectivity index (χ4n) is 2.31. The van der Waals surface area contributed by atoms with Crippen molar-refractivity contribution in [2.45, 2.75) is 31.9 Å². The largest absolute Gasteiger partial charge is 0.445 e. The van der Waals surface area contributed by atoms with Gasteiger partial charge in [0, 0.05) is 6.42 Å². The monoisotopic (exact) mass is 273 g/mol. The summed E-state index contributed by atoms with van der Waals surface area (Å²) in [6.45, 7) is 3.91. The minimum atomic E-state index is -0.538. The molecule has 0 aromatic heterocycles. The number of hydrogen-bond donors (Lipinski definition) is 1. The molecular formula is C16H19NO3. The normalized spacial score (nSPS) is 22.1. The van der Waals surface area contributed by atoms with Crippen LogP contribution in [0.5, 0.6) is 0 Å². The van der Waals surface area contributed by atoms with E-state index in [0.29, 0.717) is 12.8 Å². The van der Waals surface area contributed by atoms with Crippen molar-refractivity contribution in [2.75, 3.05) is 0 Å². The zero-order valence-corrected chi connectivity index (χ0v) is 11.4. The smallest absolute Gasteiger partial charge is 0.408 e. The Bertz CT molecular complexity index is 484. The van der Waals surface area contributed by atoms with E-state index in [1.807, 2.05) is 36.4 Å². The molecule has 0 aliphatic heterocycles. The molecule has 1 saturated carbocycles. The number of amides is 1. The van der Waals surface area contributed by atoms with Crippen molar-refractivity contribution in [1.82, 2.24) is 5.32 Å². The SMILES string of the molecule is C=CC1CCC(NC(=O)OCc2ccccc2)C(=O)C1. The maximum atomic E-state index is 11.9. The summed E-state index contributed by atoms with van der Waals surface area (Å²) in [4.78, 5) is 23.5. The van der Waals surface area contributed by atoms with Gasteiger partial charge in [-0.15, -0.1) is 6.58 Å². The summed E-state index contributed by atoms with van der Waals surface area (Å²) in [6.07, 6.45) is 3.24. The zero-order chi connectivity index (χ0) is 14.4. The lowest BCUT2D eigenvalue weighted by atomic mass is 9.85. The highest BCUT2D eigenvalue weighted by atomic mass is 16.5. The average Bonchev–Trinajstić information content (AvgIpc) is 2.48. The maximum absolute atomic E-state index is 11.9. The molecule has 1 aromatic rings. The first-order valence-corrected chi connectivity index (χ1v) is 6.81. The van der Waals surface area contributed by atoms with Crippen molar-refractivity contribution in [3.8, 4) is 0 Å². The first-order valence-electron chi connectivity index (χ1n) is 6.81. The van der Waals surface area contributed by atoms with Crippen LogP contribution in [0.2, 0.25) is 0 Å². The Morgan fingerprint density at radius 2 is 2.10 bits per heavy atom. The first-order chi connectivity index (χ1) is 9.69. The molecule has 1 aromatic carbocycles. The minimum Gasteiger partial charge on any atom is -0.445 e. The van der Waals surface area contributed by atoms with Gasteiger partial charge in [0.05, 0.1) is 6.04 Å². The van der Waals surface area contributed by atoms with Gasteiger partial charge in [0.2, 0.25) is 0 Å². The van der Waals surface area contributed by atoms with Crippen LogP contribution in [-0.4, -0.2) is 17.9 Å². The molecule has 106 valence electrons. The maximum Gasteiger partial charge on any atom is 0.408 e. The van der Waals surface area contributed by atoms with Crippen molar-refractivity contribution in [3.05, 3.63) is 48.6 Å². The van der Waals surface area contributed by atoms with E-state index in [1.165, 1.54) is 0 Å². The molecule has 2 atom stereocenters.